The molecule has 5 N–H and O–H groups in total. The number of piperazine rings is 1. The van der Waals surface area contributed by atoms with Crippen molar-refractivity contribution >= 4 is 40.7 Å². The number of halogens is 2. The summed E-state index contributed by atoms with van der Waals surface area (Å²) >= 11 is 12.4. The Morgan fingerprint density at radius 3 is 2.43 bits per heavy atom. The number of aliphatic hydroxyl groups is 1. The summed E-state index contributed by atoms with van der Waals surface area (Å²) in [7, 11) is 0. The van der Waals surface area contributed by atoms with E-state index in [1.165, 1.54) is 0 Å². The van der Waals surface area contributed by atoms with Crippen molar-refractivity contribution in [1.82, 2.24) is 19.8 Å². The number of aromatic nitrogens is 2. The van der Waals surface area contributed by atoms with Gasteiger partial charge in [-0.1, -0.05) is 42.3 Å². The van der Waals surface area contributed by atoms with Crippen molar-refractivity contribution in [2.75, 3.05) is 50.0 Å². The summed E-state index contributed by atoms with van der Waals surface area (Å²) < 4.78 is 0. The molecule has 11 heteroatoms. The van der Waals surface area contributed by atoms with Crippen LogP contribution in [0, 0.1) is 0 Å². The van der Waals surface area contributed by atoms with Crippen LogP contribution in [-0.2, 0) is 0 Å². The largest absolute Gasteiger partial charge is 0.394 e. The topological polar surface area (TPSA) is 125 Å². The molecular formula is C24H33Cl2N7O2. The fraction of sp³-hybridized carbons (Fsp3) is 0.542. The van der Waals surface area contributed by atoms with Gasteiger partial charge in [0.05, 0.1) is 12.6 Å². The SMILES string of the molecule is CC[C@H]1CN(c2nc(N)c(C(N)=O)nc2Cl)CCN1C1CCN(C(CO)c2ccc(Cl)cc2)CC1. The third kappa shape index (κ3) is 5.65. The maximum Gasteiger partial charge on any atom is 0.271 e. The third-order valence-electron chi connectivity index (χ3n) is 7.23. The van der Waals surface area contributed by atoms with E-state index in [0.29, 0.717) is 22.9 Å². The van der Waals surface area contributed by atoms with E-state index in [-0.39, 0.29) is 29.3 Å². The number of carbonyl (C=O) groups excluding carboxylic acids is 1. The smallest absolute Gasteiger partial charge is 0.271 e. The predicted octanol–water partition coefficient (Wildman–Crippen LogP) is 2.56. The molecule has 0 aliphatic carbocycles. The summed E-state index contributed by atoms with van der Waals surface area (Å²) in [5.41, 5.74) is 12.2. The van der Waals surface area contributed by atoms with Gasteiger partial charge in [-0.2, -0.15) is 0 Å². The second kappa shape index (κ2) is 11.3. The van der Waals surface area contributed by atoms with Gasteiger partial charge >= 0.3 is 0 Å². The summed E-state index contributed by atoms with van der Waals surface area (Å²) in [6.45, 7) is 6.50. The van der Waals surface area contributed by atoms with E-state index in [1.54, 1.807) is 0 Å². The molecule has 2 fully saturated rings. The van der Waals surface area contributed by atoms with E-state index in [4.69, 9.17) is 34.7 Å². The molecule has 2 atom stereocenters. The van der Waals surface area contributed by atoms with E-state index in [1.807, 2.05) is 24.3 Å². The van der Waals surface area contributed by atoms with Crippen molar-refractivity contribution in [3.63, 3.8) is 0 Å². The lowest BCUT2D eigenvalue weighted by molar-refractivity contribution is 0.0356. The average Bonchev–Trinajstić information content (AvgIpc) is 2.86. The van der Waals surface area contributed by atoms with Crippen molar-refractivity contribution in [3.8, 4) is 0 Å². The Labute approximate surface area is 216 Å². The normalized spacial score (nSPS) is 21.3. The molecular weight excluding hydrogens is 489 g/mol. The highest BCUT2D eigenvalue weighted by atomic mass is 35.5. The molecule has 1 amide bonds. The molecule has 2 aliphatic heterocycles. The zero-order valence-electron chi connectivity index (χ0n) is 19.9. The second-order valence-corrected chi connectivity index (χ2v) is 9.99. The minimum Gasteiger partial charge on any atom is -0.394 e. The number of carbonyl (C=O) groups is 1. The van der Waals surface area contributed by atoms with E-state index >= 15 is 0 Å². The highest BCUT2D eigenvalue weighted by Crippen LogP contribution is 2.31. The lowest BCUT2D eigenvalue weighted by Crippen LogP contribution is -2.58. The van der Waals surface area contributed by atoms with Gasteiger partial charge in [0.25, 0.3) is 5.91 Å². The van der Waals surface area contributed by atoms with Crippen LogP contribution in [0.15, 0.2) is 24.3 Å². The van der Waals surface area contributed by atoms with Gasteiger partial charge < -0.3 is 21.5 Å². The molecule has 2 saturated heterocycles. The standard InChI is InChI=1S/C24H33Cl2N7O2/c1-2-17-13-32(24-21(26)29-20(23(28)35)22(27)30-24)11-12-33(17)18-7-9-31(10-8-18)19(14-34)15-3-5-16(25)6-4-15/h3-6,17-19,34H,2,7-14H2,1H3,(H2,27,30)(H2,28,35)/t17-,19?/m0/s1. The molecule has 4 rings (SSSR count). The molecule has 2 aromatic rings. The minimum atomic E-state index is -0.745. The van der Waals surface area contributed by atoms with Crippen molar-refractivity contribution in [2.45, 2.75) is 44.3 Å². The van der Waals surface area contributed by atoms with Gasteiger partial charge in [0.1, 0.15) is 0 Å². The van der Waals surface area contributed by atoms with Gasteiger partial charge in [-0.15, -0.1) is 0 Å². The first-order valence-corrected chi connectivity index (χ1v) is 12.8. The molecule has 3 heterocycles. The Morgan fingerprint density at radius 1 is 1.14 bits per heavy atom. The predicted molar refractivity (Wildman–Crippen MR) is 139 cm³/mol. The monoisotopic (exact) mass is 521 g/mol. The number of nitrogens with two attached hydrogens (primary N) is 2. The number of nitrogens with zero attached hydrogens (tertiary/aromatic N) is 5. The van der Waals surface area contributed by atoms with Crippen molar-refractivity contribution in [3.05, 3.63) is 45.7 Å². The van der Waals surface area contributed by atoms with Gasteiger partial charge in [0, 0.05) is 49.8 Å². The zero-order valence-corrected chi connectivity index (χ0v) is 21.4. The number of aliphatic hydroxyl groups excluding tert-OH is 1. The lowest BCUT2D eigenvalue weighted by Gasteiger charge is -2.48. The van der Waals surface area contributed by atoms with Crippen LogP contribution < -0.4 is 16.4 Å². The summed E-state index contributed by atoms with van der Waals surface area (Å²) in [4.78, 5) is 27.0. The Morgan fingerprint density at radius 2 is 1.83 bits per heavy atom. The quantitative estimate of drug-likeness (QED) is 0.507. The molecule has 190 valence electrons. The van der Waals surface area contributed by atoms with Crippen molar-refractivity contribution < 1.29 is 9.90 Å². The Balaban J connectivity index is 1.40. The first-order valence-electron chi connectivity index (χ1n) is 12.1. The number of piperidine rings is 1. The minimum absolute atomic E-state index is 0.00104. The number of hydrogen-bond acceptors (Lipinski definition) is 8. The van der Waals surface area contributed by atoms with Crippen LogP contribution in [0.5, 0.6) is 0 Å². The van der Waals surface area contributed by atoms with Crippen molar-refractivity contribution in [1.29, 1.82) is 0 Å². The zero-order chi connectivity index (χ0) is 25.1. The highest BCUT2D eigenvalue weighted by Gasteiger charge is 2.35. The molecule has 35 heavy (non-hydrogen) atoms. The maximum atomic E-state index is 11.5. The van der Waals surface area contributed by atoms with Gasteiger partial charge in [0.15, 0.2) is 22.5 Å². The summed E-state index contributed by atoms with van der Waals surface area (Å²) in [6.07, 6.45) is 3.07. The van der Waals surface area contributed by atoms with Gasteiger partial charge in [-0.3, -0.25) is 14.6 Å². The Bertz CT molecular complexity index is 1030. The second-order valence-electron chi connectivity index (χ2n) is 9.20. The molecule has 0 radical (unpaired) electrons. The molecule has 0 saturated carbocycles. The van der Waals surface area contributed by atoms with Crippen LogP contribution in [0.25, 0.3) is 0 Å². The van der Waals surface area contributed by atoms with E-state index in [0.717, 1.165) is 57.5 Å². The van der Waals surface area contributed by atoms with Gasteiger partial charge in [-0.25, -0.2) is 9.97 Å². The van der Waals surface area contributed by atoms with Crippen LogP contribution in [0.4, 0.5) is 11.6 Å². The van der Waals surface area contributed by atoms with Crippen LogP contribution in [0.2, 0.25) is 10.2 Å². The Hall–Kier alpha value is -2.17. The van der Waals surface area contributed by atoms with Crippen molar-refractivity contribution in [2.24, 2.45) is 5.73 Å². The first-order chi connectivity index (χ1) is 16.8. The third-order valence-corrected chi connectivity index (χ3v) is 7.74. The molecule has 9 nitrogen and oxygen atoms in total. The van der Waals surface area contributed by atoms with Crippen LogP contribution in [0.3, 0.4) is 0 Å². The number of nitrogen functional groups attached to an aromatic ring is 1. The molecule has 1 aromatic carbocycles. The van der Waals surface area contributed by atoms with Crippen LogP contribution >= 0.6 is 23.2 Å². The number of benzene rings is 1. The number of amides is 1. The highest BCUT2D eigenvalue weighted by molar-refractivity contribution is 6.32. The molecule has 0 bridgehead atoms. The van der Waals surface area contributed by atoms with E-state index in [9.17, 15) is 9.90 Å². The molecule has 1 unspecified atom stereocenters. The first kappa shape index (κ1) is 25.9. The van der Waals surface area contributed by atoms with E-state index in [2.05, 4.69) is 31.6 Å². The van der Waals surface area contributed by atoms with E-state index < -0.39 is 5.91 Å². The number of rotatable bonds is 7. The molecule has 1 aromatic heterocycles. The van der Waals surface area contributed by atoms with Crippen LogP contribution in [0.1, 0.15) is 48.3 Å². The van der Waals surface area contributed by atoms with Crippen LogP contribution in [-0.4, -0.2) is 82.2 Å². The fourth-order valence-electron chi connectivity index (χ4n) is 5.35. The number of primary amides is 1. The number of hydrogen-bond donors (Lipinski definition) is 3. The fourth-order valence-corrected chi connectivity index (χ4v) is 5.73. The maximum absolute atomic E-state index is 11.5. The van der Waals surface area contributed by atoms with Gasteiger partial charge in [-0.05, 0) is 37.0 Å². The van der Waals surface area contributed by atoms with Gasteiger partial charge in [0.2, 0.25) is 0 Å². The molecule has 2 aliphatic rings. The summed E-state index contributed by atoms with van der Waals surface area (Å²) in [6, 6.07) is 8.55. The summed E-state index contributed by atoms with van der Waals surface area (Å²) in [5.74, 6) is -0.250. The molecule has 0 spiro atoms. The number of likely N-dealkylation sites (tertiary alicyclic amines) is 1. The lowest BCUT2D eigenvalue weighted by atomic mass is 9.96. The Kier molecular flexibility index (Phi) is 8.34. The average molecular weight is 522 g/mol. The summed E-state index contributed by atoms with van der Waals surface area (Å²) in [5, 5.41) is 10.9. The number of anilines is 2.